The number of aryl methyl sites for hydroxylation is 1. The first kappa shape index (κ1) is 16.7. The third kappa shape index (κ3) is 2.98. The molecule has 138 valence electrons. The fourth-order valence-corrected chi connectivity index (χ4v) is 5.60. The van der Waals surface area contributed by atoms with Crippen LogP contribution < -0.4 is 4.74 Å². The van der Waals surface area contributed by atoms with Gasteiger partial charge in [-0.25, -0.2) is 4.98 Å². The van der Waals surface area contributed by atoms with Crippen LogP contribution in [0.4, 0.5) is 0 Å². The van der Waals surface area contributed by atoms with Gasteiger partial charge < -0.3 is 14.2 Å². The standard InChI is InChI=1S/C21H21N3O2S/c1-23-9-7-15-10-16(5-6-18(15)23)20(25)24-13-21(14-24)11-17(12-27-21)26-19-4-2-3-8-22-19/h2-10,17H,11-14H2,1H3. The predicted octanol–water partition coefficient (Wildman–Crippen LogP) is 3.35. The minimum atomic E-state index is 0.126. The smallest absolute Gasteiger partial charge is 0.253 e. The highest BCUT2D eigenvalue weighted by atomic mass is 32.2. The van der Waals surface area contributed by atoms with Crippen LogP contribution in [0.25, 0.3) is 10.9 Å². The van der Waals surface area contributed by atoms with Crippen molar-refractivity contribution >= 4 is 28.6 Å². The molecule has 0 aliphatic carbocycles. The van der Waals surface area contributed by atoms with E-state index in [0.29, 0.717) is 5.88 Å². The van der Waals surface area contributed by atoms with Crippen LogP contribution in [0.3, 0.4) is 0 Å². The van der Waals surface area contributed by atoms with Crippen molar-refractivity contribution in [3.8, 4) is 5.88 Å². The highest BCUT2D eigenvalue weighted by Crippen LogP contribution is 2.46. The number of rotatable bonds is 3. The lowest BCUT2D eigenvalue weighted by Crippen LogP contribution is -2.60. The molecule has 27 heavy (non-hydrogen) atoms. The Kier molecular flexibility index (Phi) is 3.90. The first-order valence-corrected chi connectivity index (χ1v) is 10.2. The lowest BCUT2D eigenvalue weighted by molar-refractivity contribution is 0.0516. The van der Waals surface area contributed by atoms with Gasteiger partial charge in [-0.1, -0.05) is 6.07 Å². The number of pyridine rings is 1. The zero-order chi connectivity index (χ0) is 18.4. The first-order valence-electron chi connectivity index (χ1n) is 9.18. The minimum absolute atomic E-state index is 0.126. The highest BCUT2D eigenvalue weighted by Gasteiger charge is 2.51. The van der Waals surface area contributed by atoms with Crippen molar-refractivity contribution in [3.63, 3.8) is 0 Å². The van der Waals surface area contributed by atoms with Crippen LogP contribution in [0, 0.1) is 0 Å². The number of likely N-dealkylation sites (tertiary alicyclic amines) is 1. The van der Waals surface area contributed by atoms with Crippen LogP contribution in [0.1, 0.15) is 16.8 Å². The molecule has 2 fully saturated rings. The molecule has 1 spiro atoms. The normalized spacial score (nSPS) is 20.8. The van der Waals surface area contributed by atoms with E-state index in [1.807, 2.05) is 66.3 Å². The quantitative estimate of drug-likeness (QED) is 0.700. The second kappa shape index (κ2) is 6.30. The van der Waals surface area contributed by atoms with E-state index in [9.17, 15) is 4.79 Å². The van der Waals surface area contributed by atoms with Gasteiger partial charge in [0.05, 0.1) is 4.75 Å². The maximum absolute atomic E-state index is 12.9. The molecular formula is C21H21N3O2S. The molecule has 2 aliphatic rings. The van der Waals surface area contributed by atoms with Crippen molar-refractivity contribution in [2.45, 2.75) is 17.3 Å². The van der Waals surface area contributed by atoms with Gasteiger partial charge in [-0.3, -0.25) is 4.79 Å². The molecule has 2 aliphatic heterocycles. The number of carbonyl (C=O) groups is 1. The summed E-state index contributed by atoms with van der Waals surface area (Å²) in [5.74, 6) is 1.76. The fraction of sp³-hybridized carbons (Fsp3) is 0.333. The number of hydrogen-bond acceptors (Lipinski definition) is 4. The number of carbonyl (C=O) groups excluding carboxylic acids is 1. The average Bonchev–Trinajstić information content (AvgIpc) is 3.25. The van der Waals surface area contributed by atoms with E-state index in [4.69, 9.17) is 4.74 Å². The number of hydrogen-bond donors (Lipinski definition) is 0. The molecule has 1 aromatic carbocycles. The van der Waals surface area contributed by atoms with E-state index >= 15 is 0 Å². The van der Waals surface area contributed by atoms with Crippen molar-refractivity contribution in [1.29, 1.82) is 0 Å². The van der Waals surface area contributed by atoms with Gasteiger partial charge in [-0.15, -0.1) is 11.8 Å². The maximum atomic E-state index is 12.9. The van der Waals surface area contributed by atoms with Crippen LogP contribution in [0.2, 0.25) is 0 Å². The van der Waals surface area contributed by atoms with Gasteiger partial charge in [0.25, 0.3) is 5.91 Å². The minimum Gasteiger partial charge on any atom is -0.473 e. The molecule has 6 heteroatoms. The number of fused-ring (bicyclic) bond motifs is 1. The summed E-state index contributed by atoms with van der Waals surface area (Å²) in [6.07, 6.45) is 4.91. The predicted molar refractivity (Wildman–Crippen MR) is 107 cm³/mol. The molecule has 0 bridgehead atoms. The van der Waals surface area contributed by atoms with Crippen LogP contribution in [0.5, 0.6) is 5.88 Å². The largest absolute Gasteiger partial charge is 0.473 e. The van der Waals surface area contributed by atoms with Crippen molar-refractivity contribution in [2.75, 3.05) is 18.8 Å². The Balaban J connectivity index is 1.22. The summed E-state index contributed by atoms with van der Waals surface area (Å²) < 4.78 is 8.21. The van der Waals surface area contributed by atoms with Crippen molar-refractivity contribution in [2.24, 2.45) is 7.05 Å². The number of ether oxygens (including phenoxy) is 1. The van der Waals surface area contributed by atoms with Crippen molar-refractivity contribution in [3.05, 3.63) is 60.4 Å². The Labute approximate surface area is 162 Å². The summed E-state index contributed by atoms with van der Waals surface area (Å²) in [4.78, 5) is 19.1. The molecule has 3 aromatic rings. The number of amides is 1. The van der Waals surface area contributed by atoms with E-state index in [0.717, 1.165) is 41.7 Å². The fourth-order valence-electron chi connectivity index (χ4n) is 4.08. The molecule has 0 saturated carbocycles. The maximum Gasteiger partial charge on any atom is 0.253 e. The monoisotopic (exact) mass is 379 g/mol. The first-order chi connectivity index (χ1) is 13.1. The van der Waals surface area contributed by atoms with Crippen molar-refractivity contribution in [1.82, 2.24) is 14.5 Å². The molecule has 2 aromatic heterocycles. The number of benzene rings is 1. The zero-order valence-corrected chi connectivity index (χ0v) is 16.0. The summed E-state index contributed by atoms with van der Waals surface area (Å²) in [6.45, 7) is 1.59. The van der Waals surface area contributed by atoms with E-state index in [1.54, 1.807) is 6.20 Å². The van der Waals surface area contributed by atoms with Gasteiger partial charge in [-0.05, 0) is 30.3 Å². The van der Waals surface area contributed by atoms with Gasteiger partial charge in [0.1, 0.15) is 6.10 Å². The molecule has 0 radical (unpaired) electrons. The van der Waals surface area contributed by atoms with Crippen molar-refractivity contribution < 1.29 is 9.53 Å². The molecule has 2 saturated heterocycles. The number of nitrogens with zero attached hydrogens (tertiary/aromatic N) is 3. The summed E-state index contributed by atoms with van der Waals surface area (Å²) in [6, 6.07) is 13.7. The van der Waals surface area contributed by atoms with Gasteiger partial charge in [-0.2, -0.15) is 0 Å². The van der Waals surface area contributed by atoms with E-state index in [2.05, 4.69) is 15.6 Å². The highest BCUT2D eigenvalue weighted by molar-refractivity contribution is 8.01. The topological polar surface area (TPSA) is 47.4 Å². The number of thioether (sulfide) groups is 1. The Morgan fingerprint density at radius 3 is 2.96 bits per heavy atom. The molecule has 5 nitrogen and oxygen atoms in total. The van der Waals surface area contributed by atoms with Crippen LogP contribution >= 0.6 is 11.8 Å². The van der Waals surface area contributed by atoms with Gasteiger partial charge in [0.15, 0.2) is 0 Å². The Bertz CT molecular complexity index is 995. The molecule has 1 unspecified atom stereocenters. The Morgan fingerprint density at radius 1 is 1.26 bits per heavy atom. The second-order valence-corrected chi connectivity index (χ2v) is 8.96. The summed E-state index contributed by atoms with van der Waals surface area (Å²) in [5, 5.41) is 1.11. The van der Waals surface area contributed by atoms with Crippen LogP contribution in [-0.4, -0.2) is 50.1 Å². The Morgan fingerprint density at radius 2 is 2.15 bits per heavy atom. The second-order valence-electron chi connectivity index (χ2n) is 7.47. The molecule has 5 rings (SSSR count). The zero-order valence-electron chi connectivity index (χ0n) is 15.2. The third-order valence-corrected chi connectivity index (χ3v) is 7.05. The van der Waals surface area contributed by atoms with Gasteiger partial charge in [0.2, 0.25) is 5.88 Å². The lowest BCUT2D eigenvalue weighted by Gasteiger charge is -2.47. The lowest BCUT2D eigenvalue weighted by atomic mass is 9.92. The van der Waals surface area contributed by atoms with E-state index in [1.165, 1.54) is 0 Å². The Hall–Kier alpha value is -2.47. The van der Waals surface area contributed by atoms with E-state index < -0.39 is 0 Å². The molecule has 4 heterocycles. The average molecular weight is 379 g/mol. The third-order valence-electron chi connectivity index (χ3n) is 5.48. The molecule has 0 N–H and O–H groups in total. The summed E-state index contributed by atoms with van der Waals surface area (Å²) >= 11 is 1.93. The molecule has 1 amide bonds. The van der Waals surface area contributed by atoms with Gasteiger partial charge in [0, 0.05) is 67.2 Å². The van der Waals surface area contributed by atoms with Gasteiger partial charge >= 0.3 is 0 Å². The summed E-state index contributed by atoms with van der Waals surface area (Å²) in [7, 11) is 2.02. The SMILES string of the molecule is Cn1ccc2cc(C(=O)N3CC4(CC(Oc5ccccn5)CS4)C3)ccc21. The summed E-state index contributed by atoms with van der Waals surface area (Å²) in [5.41, 5.74) is 1.92. The van der Waals surface area contributed by atoms with E-state index in [-0.39, 0.29) is 16.8 Å². The molecule has 1 atom stereocenters. The number of aromatic nitrogens is 2. The molecular weight excluding hydrogens is 358 g/mol. The van der Waals surface area contributed by atoms with Crippen LogP contribution in [-0.2, 0) is 7.05 Å². The van der Waals surface area contributed by atoms with Crippen LogP contribution in [0.15, 0.2) is 54.9 Å².